The van der Waals surface area contributed by atoms with Crippen LogP contribution in [0.4, 0.5) is 0 Å². The monoisotopic (exact) mass is 299 g/mol. The summed E-state index contributed by atoms with van der Waals surface area (Å²) in [5, 5.41) is 13.2. The molecule has 0 unspecified atom stereocenters. The zero-order valence-corrected chi connectivity index (χ0v) is 12.1. The molecule has 1 atom stereocenters. The summed E-state index contributed by atoms with van der Waals surface area (Å²) < 4.78 is 1.72. The van der Waals surface area contributed by atoms with Crippen molar-refractivity contribution in [1.82, 2.24) is 14.7 Å². The lowest BCUT2D eigenvalue weighted by molar-refractivity contribution is -0.143. The molecule has 0 spiro atoms. The van der Waals surface area contributed by atoms with Crippen LogP contribution >= 0.6 is 0 Å². The van der Waals surface area contributed by atoms with Crippen LogP contribution in [0.3, 0.4) is 0 Å². The molecule has 1 N–H and O–H groups in total. The van der Waals surface area contributed by atoms with Gasteiger partial charge in [-0.1, -0.05) is 0 Å². The number of amides is 1. The Morgan fingerprint density at radius 1 is 1.23 bits per heavy atom. The van der Waals surface area contributed by atoms with Crippen LogP contribution in [0, 0.1) is 5.92 Å². The molecule has 2 aromatic rings. The van der Waals surface area contributed by atoms with Crippen molar-refractivity contribution in [2.24, 2.45) is 5.92 Å². The second-order valence-electron chi connectivity index (χ2n) is 5.43. The van der Waals surface area contributed by atoms with Crippen LogP contribution in [-0.4, -0.2) is 44.8 Å². The van der Waals surface area contributed by atoms with Crippen LogP contribution in [0.2, 0.25) is 0 Å². The third-order valence-corrected chi connectivity index (χ3v) is 3.94. The summed E-state index contributed by atoms with van der Waals surface area (Å²) in [7, 11) is 0. The molecule has 3 rings (SSSR count). The average molecular weight is 299 g/mol. The lowest BCUT2D eigenvalue weighted by Crippen LogP contribution is -2.42. The van der Waals surface area contributed by atoms with E-state index in [9.17, 15) is 9.59 Å². The summed E-state index contributed by atoms with van der Waals surface area (Å²) in [6.45, 7) is 0.901. The highest BCUT2D eigenvalue weighted by atomic mass is 16.4. The highest BCUT2D eigenvalue weighted by Gasteiger charge is 2.28. The maximum Gasteiger partial charge on any atom is 0.308 e. The van der Waals surface area contributed by atoms with Crippen LogP contribution in [-0.2, 0) is 4.79 Å². The van der Waals surface area contributed by atoms with Gasteiger partial charge in [-0.15, -0.1) is 0 Å². The second kappa shape index (κ2) is 6.01. The number of carboxylic acids is 1. The van der Waals surface area contributed by atoms with Gasteiger partial charge < -0.3 is 10.0 Å². The smallest absolute Gasteiger partial charge is 0.308 e. The van der Waals surface area contributed by atoms with Crippen LogP contribution in [0.15, 0.2) is 42.7 Å². The summed E-state index contributed by atoms with van der Waals surface area (Å²) in [5.74, 6) is -1.40. The van der Waals surface area contributed by atoms with Crippen molar-refractivity contribution >= 4 is 11.9 Å². The molecule has 0 bridgehead atoms. The van der Waals surface area contributed by atoms with E-state index in [0.29, 0.717) is 18.5 Å². The van der Waals surface area contributed by atoms with E-state index in [2.05, 4.69) is 5.10 Å². The van der Waals surface area contributed by atoms with E-state index in [1.807, 2.05) is 24.4 Å². The minimum Gasteiger partial charge on any atom is -0.481 e. The topological polar surface area (TPSA) is 75.4 Å². The number of aliphatic carboxylic acids is 1. The Morgan fingerprint density at radius 2 is 2.00 bits per heavy atom. The highest BCUT2D eigenvalue weighted by Crippen LogP contribution is 2.19. The molecular weight excluding hydrogens is 282 g/mol. The molecular formula is C16H17N3O3. The van der Waals surface area contributed by atoms with E-state index in [-0.39, 0.29) is 12.5 Å². The molecule has 0 aliphatic carbocycles. The number of benzene rings is 1. The minimum absolute atomic E-state index is 0.113. The van der Waals surface area contributed by atoms with Crippen LogP contribution in [0.5, 0.6) is 0 Å². The summed E-state index contributed by atoms with van der Waals surface area (Å²) in [4.78, 5) is 25.2. The fourth-order valence-electron chi connectivity index (χ4n) is 2.72. The van der Waals surface area contributed by atoms with Crippen molar-refractivity contribution in [3.8, 4) is 5.69 Å². The van der Waals surface area contributed by atoms with Crippen molar-refractivity contribution in [2.45, 2.75) is 12.8 Å². The average Bonchev–Trinajstić information content (AvgIpc) is 3.09. The van der Waals surface area contributed by atoms with Gasteiger partial charge in [-0.2, -0.15) is 5.10 Å². The number of carbonyl (C=O) groups is 2. The van der Waals surface area contributed by atoms with Gasteiger partial charge in [-0.05, 0) is 43.2 Å². The maximum absolute atomic E-state index is 12.5. The lowest BCUT2D eigenvalue weighted by Gasteiger charge is -2.30. The van der Waals surface area contributed by atoms with Gasteiger partial charge in [0.15, 0.2) is 0 Å². The first-order valence-corrected chi connectivity index (χ1v) is 7.27. The van der Waals surface area contributed by atoms with Crippen LogP contribution < -0.4 is 0 Å². The predicted molar refractivity (Wildman–Crippen MR) is 79.8 cm³/mol. The molecule has 2 heterocycles. The van der Waals surface area contributed by atoms with Gasteiger partial charge in [-0.25, -0.2) is 4.68 Å². The van der Waals surface area contributed by atoms with E-state index < -0.39 is 11.9 Å². The number of carboxylic acid groups (broad SMARTS) is 1. The van der Waals surface area contributed by atoms with E-state index in [4.69, 9.17) is 5.11 Å². The number of hydrogen-bond acceptors (Lipinski definition) is 3. The predicted octanol–water partition coefficient (Wildman–Crippen LogP) is 1.81. The van der Waals surface area contributed by atoms with E-state index in [0.717, 1.165) is 12.1 Å². The van der Waals surface area contributed by atoms with Crippen molar-refractivity contribution in [1.29, 1.82) is 0 Å². The summed E-state index contributed by atoms with van der Waals surface area (Å²) >= 11 is 0. The molecule has 0 radical (unpaired) electrons. The van der Waals surface area contributed by atoms with Gasteiger partial charge in [0.25, 0.3) is 5.91 Å². The normalized spacial score (nSPS) is 18.2. The van der Waals surface area contributed by atoms with Gasteiger partial charge in [0.2, 0.25) is 0 Å². The standard InChI is InChI=1S/C16H17N3O3/c20-15(18-9-1-3-13(11-18)16(21)22)12-4-6-14(7-5-12)19-10-2-8-17-19/h2,4-8,10,13H,1,3,9,11H2,(H,21,22)/t13-/m0/s1. The Balaban J connectivity index is 1.73. The third kappa shape index (κ3) is 2.86. The minimum atomic E-state index is -0.827. The SMILES string of the molecule is O=C(O)[C@H]1CCCN(C(=O)c2ccc(-n3cccn3)cc2)C1. The van der Waals surface area contributed by atoms with Crippen molar-refractivity contribution < 1.29 is 14.7 Å². The highest BCUT2D eigenvalue weighted by molar-refractivity contribution is 5.94. The molecule has 1 aliphatic heterocycles. The lowest BCUT2D eigenvalue weighted by atomic mass is 9.97. The second-order valence-corrected chi connectivity index (χ2v) is 5.43. The zero-order valence-electron chi connectivity index (χ0n) is 12.1. The summed E-state index contributed by atoms with van der Waals surface area (Å²) in [6, 6.07) is 9.00. The Hall–Kier alpha value is -2.63. The number of likely N-dealkylation sites (tertiary alicyclic amines) is 1. The molecule has 114 valence electrons. The molecule has 6 heteroatoms. The number of aromatic nitrogens is 2. The van der Waals surface area contributed by atoms with Crippen LogP contribution in [0.1, 0.15) is 23.2 Å². The first-order chi connectivity index (χ1) is 10.6. The molecule has 1 fully saturated rings. The molecule has 6 nitrogen and oxygen atoms in total. The number of piperidine rings is 1. The molecule has 22 heavy (non-hydrogen) atoms. The van der Waals surface area contributed by atoms with Gasteiger partial charge in [0.1, 0.15) is 0 Å². The molecule has 1 aromatic heterocycles. The number of nitrogens with zero attached hydrogens (tertiary/aromatic N) is 3. The van der Waals surface area contributed by atoms with Crippen molar-refractivity contribution in [3.63, 3.8) is 0 Å². The quantitative estimate of drug-likeness (QED) is 0.938. The summed E-state index contributed by atoms with van der Waals surface area (Å²) in [5.41, 5.74) is 1.45. The Kier molecular flexibility index (Phi) is 3.91. The van der Waals surface area contributed by atoms with Crippen molar-refractivity contribution in [3.05, 3.63) is 48.3 Å². The largest absolute Gasteiger partial charge is 0.481 e. The zero-order chi connectivity index (χ0) is 15.5. The molecule has 1 amide bonds. The molecule has 1 aromatic carbocycles. The Bertz CT molecular complexity index is 664. The van der Waals surface area contributed by atoms with Gasteiger partial charge in [0.05, 0.1) is 11.6 Å². The van der Waals surface area contributed by atoms with E-state index in [1.54, 1.807) is 27.9 Å². The first-order valence-electron chi connectivity index (χ1n) is 7.27. The number of rotatable bonds is 3. The third-order valence-electron chi connectivity index (χ3n) is 3.94. The van der Waals surface area contributed by atoms with E-state index >= 15 is 0 Å². The molecule has 1 saturated heterocycles. The number of hydrogen-bond donors (Lipinski definition) is 1. The molecule has 0 saturated carbocycles. The Labute approximate surface area is 128 Å². The maximum atomic E-state index is 12.5. The number of carbonyl (C=O) groups excluding carboxylic acids is 1. The van der Waals surface area contributed by atoms with Gasteiger partial charge >= 0.3 is 5.97 Å². The van der Waals surface area contributed by atoms with Crippen LogP contribution in [0.25, 0.3) is 5.69 Å². The van der Waals surface area contributed by atoms with Crippen molar-refractivity contribution in [2.75, 3.05) is 13.1 Å². The summed E-state index contributed by atoms with van der Waals surface area (Å²) in [6.07, 6.45) is 4.89. The Morgan fingerprint density at radius 3 is 2.64 bits per heavy atom. The fourth-order valence-corrected chi connectivity index (χ4v) is 2.72. The van der Waals surface area contributed by atoms with Gasteiger partial charge in [-0.3, -0.25) is 9.59 Å². The van der Waals surface area contributed by atoms with Gasteiger partial charge in [0, 0.05) is 31.0 Å². The first kappa shape index (κ1) is 14.3. The molecule has 1 aliphatic rings. The van der Waals surface area contributed by atoms with E-state index in [1.165, 1.54) is 0 Å². The fraction of sp³-hybridized carbons (Fsp3) is 0.312.